The summed E-state index contributed by atoms with van der Waals surface area (Å²) in [6.45, 7) is 3.32. The molecule has 0 aromatic carbocycles. The van der Waals surface area contributed by atoms with E-state index in [1.165, 1.54) is 11.3 Å². The Kier molecular flexibility index (Phi) is 4.66. The van der Waals surface area contributed by atoms with Crippen molar-refractivity contribution in [3.05, 3.63) is 0 Å². The van der Waals surface area contributed by atoms with Crippen LogP contribution in [0, 0.1) is 5.92 Å². The maximum Gasteiger partial charge on any atom is 0.323 e. The molecule has 0 aromatic rings. The van der Waals surface area contributed by atoms with Gasteiger partial charge < -0.3 is 14.9 Å². The van der Waals surface area contributed by atoms with E-state index in [-0.39, 0.29) is 18.6 Å². The van der Waals surface area contributed by atoms with Crippen LogP contribution in [0.3, 0.4) is 0 Å². The molecule has 0 aromatic heterocycles. The van der Waals surface area contributed by atoms with Crippen molar-refractivity contribution in [3.8, 4) is 0 Å². The lowest BCUT2D eigenvalue weighted by Crippen LogP contribution is -2.51. The molecule has 1 saturated heterocycles. The average molecular weight is 268 g/mol. The van der Waals surface area contributed by atoms with Gasteiger partial charge in [0.25, 0.3) is 0 Å². The third-order valence-corrected chi connectivity index (χ3v) is 4.12. The Morgan fingerprint density at radius 3 is 2.58 bits per heavy atom. The highest BCUT2D eigenvalue weighted by molar-refractivity contribution is 5.80. The first-order chi connectivity index (χ1) is 9.11. The van der Waals surface area contributed by atoms with Crippen LogP contribution < -0.4 is 0 Å². The summed E-state index contributed by atoms with van der Waals surface area (Å²) in [7, 11) is 0. The van der Waals surface area contributed by atoms with Crippen LogP contribution in [0.2, 0.25) is 0 Å². The van der Waals surface area contributed by atoms with Gasteiger partial charge in [0, 0.05) is 19.1 Å². The van der Waals surface area contributed by atoms with E-state index in [2.05, 4.69) is 6.92 Å². The first kappa shape index (κ1) is 14.2. The Morgan fingerprint density at radius 2 is 2.00 bits per heavy atom. The first-order valence-corrected chi connectivity index (χ1v) is 7.39. The Bertz CT molecular complexity index is 342. The Balaban J connectivity index is 2.00. The molecule has 19 heavy (non-hydrogen) atoms. The third kappa shape index (κ3) is 3.85. The highest BCUT2D eigenvalue weighted by Crippen LogP contribution is 2.30. The molecule has 108 valence electrons. The van der Waals surface area contributed by atoms with E-state index in [4.69, 9.17) is 5.11 Å². The van der Waals surface area contributed by atoms with Gasteiger partial charge in [0.2, 0.25) is 0 Å². The van der Waals surface area contributed by atoms with Gasteiger partial charge in [-0.3, -0.25) is 4.79 Å². The molecule has 1 N–H and O–H groups in total. The van der Waals surface area contributed by atoms with E-state index in [1.54, 1.807) is 0 Å². The summed E-state index contributed by atoms with van der Waals surface area (Å²) < 4.78 is 0. The lowest BCUT2D eigenvalue weighted by atomic mass is 10.0. The Hall–Kier alpha value is -1.26. The van der Waals surface area contributed by atoms with Crippen LogP contribution in [-0.4, -0.2) is 52.6 Å². The number of carbonyl (C=O) groups is 2. The Labute approximate surface area is 114 Å². The SMILES string of the molecule is CCC1CCCCN1C(=O)N(CC(=O)O)CC1CC1. The van der Waals surface area contributed by atoms with Crippen molar-refractivity contribution < 1.29 is 14.7 Å². The van der Waals surface area contributed by atoms with Crippen molar-refractivity contribution in [2.24, 2.45) is 5.92 Å². The topological polar surface area (TPSA) is 60.9 Å². The van der Waals surface area contributed by atoms with Crippen LogP contribution in [0.25, 0.3) is 0 Å². The van der Waals surface area contributed by atoms with E-state index in [1.807, 2.05) is 4.90 Å². The minimum atomic E-state index is -0.918. The van der Waals surface area contributed by atoms with Crippen molar-refractivity contribution in [1.82, 2.24) is 9.80 Å². The molecule has 2 fully saturated rings. The zero-order chi connectivity index (χ0) is 13.8. The molecule has 1 heterocycles. The standard InChI is InChI=1S/C14H24N2O3/c1-2-12-5-3-4-8-16(12)14(19)15(10-13(17)18)9-11-6-7-11/h11-12H,2-10H2,1H3,(H,17,18). The van der Waals surface area contributed by atoms with E-state index >= 15 is 0 Å². The van der Waals surface area contributed by atoms with Crippen LogP contribution in [0.4, 0.5) is 4.79 Å². The normalized spacial score (nSPS) is 23.2. The van der Waals surface area contributed by atoms with Crippen LogP contribution in [0.5, 0.6) is 0 Å². The predicted molar refractivity (Wildman–Crippen MR) is 72.0 cm³/mol. The fraction of sp³-hybridized carbons (Fsp3) is 0.857. The maximum atomic E-state index is 12.6. The molecule has 1 unspecified atom stereocenters. The molecule has 0 bridgehead atoms. The smallest absolute Gasteiger partial charge is 0.323 e. The second kappa shape index (κ2) is 6.26. The van der Waals surface area contributed by atoms with Gasteiger partial charge >= 0.3 is 12.0 Å². The van der Waals surface area contributed by atoms with Crippen LogP contribution in [0.15, 0.2) is 0 Å². The van der Waals surface area contributed by atoms with Crippen molar-refractivity contribution in [2.75, 3.05) is 19.6 Å². The number of carbonyl (C=O) groups excluding carboxylic acids is 1. The minimum Gasteiger partial charge on any atom is -0.480 e. The summed E-state index contributed by atoms with van der Waals surface area (Å²) in [4.78, 5) is 26.9. The summed E-state index contributed by atoms with van der Waals surface area (Å²) in [6, 6.07) is 0.220. The highest BCUT2D eigenvalue weighted by atomic mass is 16.4. The monoisotopic (exact) mass is 268 g/mol. The number of likely N-dealkylation sites (tertiary alicyclic amines) is 1. The molecule has 1 aliphatic heterocycles. The van der Waals surface area contributed by atoms with Crippen molar-refractivity contribution in [1.29, 1.82) is 0 Å². The van der Waals surface area contributed by atoms with E-state index in [0.717, 1.165) is 38.6 Å². The summed E-state index contributed by atoms with van der Waals surface area (Å²) in [5.74, 6) is -0.396. The van der Waals surface area contributed by atoms with Gasteiger partial charge in [-0.25, -0.2) is 4.79 Å². The van der Waals surface area contributed by atoms with Gasteiger partial charge in [-0.05, 0) is 44.4 Å². The van der Waals surface area contributed by atoms with Gasteiger partial charge in [0.15, 0.2) is 0 Å². The number of amides is 2. The quantitative estimate of drug-likeness (QED) is 0.831. The van der Waals surface area contributed by atoms with Gasteiger partial charge in [0.05, 0.1) is 0 Å². The molecule has 5 nitrogen and oxygen atoms in total. The summed E-state index contributed by atoms with van der Waals surface area (Å²) in [6.07, 6.45) is 6.46. The van der Waals surface area contributed by atoms with Crippen LogP contribution in [0.1, 0.15) is 45.4 Å². The highest BCUT2D eigenvalue weighted by Gasteiger charge is 2.33. The van der Waals surface area contributed by atoms with Crippen molar-refractivity contribution in [3.63, 3.8) is 0 Å². The summed E-state index contributed by atoms with van der Waals surface area (Å²) in [5, 5.41) is 8.98. The fourth-order valence-electron chi connectivity index (χ4n) is 2.84. The van der Waals surface area contributed by atoms with E-state index < -0.39 is 5.97 Å². The number of piperidine rings is 1. The third-order valence-electron chi connectivity index (χ3n) is 4.12. The zero-order valence-electron chi connectivity index (χ0n) is 11.7. The molecule has 5 heteroatoms. The number of carboxylic acid groups (broad SMARTS) is 1. The molecule has 1 aliphatic carbocycles. The largest absolute Gasteiger partial charge is 0.480 e. The van der Waals surface area contributed by atoms with Crippen molar-refractivity contribution in [2.45, 2.75) is 51.5 Å². The van der Waals surface area contributed by atoms with Gasteiger partial charge in [-0.2, -0.15) is 0 Å². The molecule has 0 spiro atoms. The second-order valence-corrected chi connectivity index (χ2v) is 5.75. The van der Waals surface area contributed by atoms with Gasteiger partial charge in [-0.15, -0.1) is 0 Å². The number of aliphatic carboxylic acids is 1. The molecule has 2 amide bonds. The minimum absolute atomic E-state index is 0.0687. The second-order valence-electron chi connectivity index (χ2n) is 5.75. The molecular weight excluding hydrogens is 244 g/mol. The number of urea groups is 1. The predicted octanol–water partition coefficient (Wildman–Crippen LogP) is 2.17. The number of hydrogen-bond acceptors (Lipinski definition) is 2. The van der Waals surface area contributed by atoms with Crippen LogP contribution >= 0.6 is 0 Å². The number of nitrogens with zero attached hydrogens (tertiary/aromatic N) is 2. The number of hydrogen-bond donors (Lipinski definition) is 1. The number of rotatable bonds is 5. The Morgan fingerprint density at radius 1 is 1.26 bits per heavy atom. The first-order valence-electron chi connectivity index (χ1n) is 7.39. The van der Waals surface area contributed by atoms with E-state index in [0.29, 0.717) is 12.5 Å². The number of carboxylic acids is 1. The average Bonchev–Trinajstić information content (AvgIpc) is 3.20. The molecule has 1 atom stereocenters. The fourth-order valence-corrected chi connectivity index (χ4v) is 2.84. The molecule has 0 radical (unpaired) electrons. The maximum absolute atomic E-state index is 12.6. The van der Waals surface area contributed by atoms with Gasteiger partial charge in [0.1, 0.15) is 6.54 Å². The lowest BCUT2D eigenvalue weighted by molar-refractivity contribution is -0.137. The molecule has 2 rings (SSSR count). The molecule has 2 aliphatic rings. The van der Waals surface area contributed by atoms with Crippen LogP contribution in [-0.2, 0) is 4.79 Å². The van der Waals surface area contributed by atoms with E-state index in [9.17, 15) is 9.59 Å². The zero-order valence-corrected chi connectivity index (χ0v) is 11.7. The molecular formula is C14H24N2O3. The summed E-state index contributed by atoms with van der Waals surface area (Å²) in [5.41, 5.74) is 0. The summed E-state index contributed by atoms with van der Waals surface area (Å²) >= 11 is 0. The lowest BCUT2D eigenvalue weighted by Gasteiger charge is -2.38. The molecule has 1 saturated carbocycles. The van der Waals surface area contributed by atoms with Gasteiger partial charge in [-0.1, -0.05) is 6.92 Å². The van der Waals surface area contributed by atoms with Crippen molar-refractivity contribution >= 4 is 12.0 Å².